The van der Waals surface area contributed by atoms with Crippen molar-refractivity contribution in [3.8, 4) is 0 Å². The SMILES string of the molecule is Cc1nc2c(cc1C(=O)NC(C)(C)CC(C)(C)C)CCCC2. The number of hydrogen-bond acceptors (Lipinski definition) is 2. The Kier molecular flexibility index (Phi) is 4.65. The van der Waals surface area contributed by atoms with Crippen LogP contribution in [0.1, 0.15) is 81.2 Å². The number of aryl methyl sites for hydroxylation is 3. The zero-order valence-corrected chi connectivity index (χ0v) is 15.0. The number of rotatable bonds is 3. The van der Waals surface area contributed by atoms with Gasteiger partial charge in [-0.15, -0.1) is 0 Å². The second-order valence-corrected chi connectivity index (χ2v) is 8.51. The van der Waals surface area contributed by atoms with Crippen LogP contribution in [0.3, 0.4) is 0 Å². The van der Waals surface area contributed by atoms with Crippen molar-refractivity contribution >= 4 is 5.91 Å². The van der Waals surface area contributed by atoms with Gasteiger partial charge in [0.05, 0.1) is 11.3 Å². The van der Waals surface area contributed by atoms with Crippen LogP contribution in [0.2, 0.25) is 0 Å². The van der Waals surface area contributed by atoms with Gasteiger partial charge in [-0.3, -0.25) is 9.78 Å². The van der Waals surface area contributed by atoms with E-state index in [4.69, 9.17) is 0 Å². The Morgan fingerprint density at radius 3 is 2.45 bits per heavy atom. The van der Waals surface area contributed by atoms with E-state index in [1.54, 1.807) is 0 Å². The number of fused-ring (bicyclic) bond motifs is 1. The van der Waals surface area contributed by atoms with Crippen LogP contribution < -0.4 is 5.32 Å². The lowest BCUT2D eigenvalue weighted by atomic mass is 9.81. The number of pyridine rings is 1. The van der Waals surface area contributed by atoms with E-state index < -0.39 is 0 Å². The second kappa shape index (κ2) is 6.02. The highest BCUT2D eigenvalue weighted by atomic mass is 16.1. The molecule has 1 N–H and O–H groups in total. The zero-order chi connectivity index (χ0) is 16.5. The molecule has 1 amide bonds. The maximum absolute atomic E-state index is 12.7. The zero-order valence-electron chi connectivity index (χ0n) is 15.0. The molecule has 1 aliphatic rings. The van der Waals surface area contributed by atoms with Crippen LogP contribution in [0.25, 0.3) is 0 Å². The molecule has 1 aromatic rings. The fourth-order valence-electron chi connectivity index (χ4n) is 3.71. The maximum Gasteiger partial charge on any atom is 0.253 e. The van der Waals surface area contributed by atoms with E-state index in [9.17, 15) is 4.79 Å². The number of carbonyl (C=O) groups excluding carboxylic acids is 1. The summed E-state index contributed by atoms with van der Waals surface area (Å²) in [6.07, 6.45) is 5.45. The van der Waals surface area contributed by atoms with Crippen molar-refractivity contribution in [1.82, 2.24) is 10.3 Å². The first-order valence-electron chi connectivity index (χ1n) is 8.39. The van der Waals surface area contributed by atoms with Gasteiger partial charge in [-0.1, -0.05) is 20.8 Å². The van der Waals surface area contributed by atoms with Gasteiger partial charge in [-0.05, 0) is 69.9 Å². The predicted octanol–water partition coefficient (Wildman–Crippen LogP) is 4.21. The quantitative estimate of drug-likeness (QED) is 0.908. The van der Waals surface area contributed by atoms with Gasteiger partial charge in [0.25, 0.3) is 5.91 Å². The lowest BCUT2D eigenvalue weighted by Crippen LogP contribution is -2.46. The van der Waals surface area contributed by atoms with Crippen LogP contribution in [0.5, 0.6) is 0 Å². The largest absolute Gasteiger partial charge is 0.347 e. The minimum Gasteiger partial charge on any atom is -0.347 e. The molecule has 0 saturated heterocycles. The summed E-state index contributed by atoms with van der Waals surface area (Å²) < 4.78 is 0. The standard InChI is InChI=1S/C19H30N2O/c1-13-15(11-14-9-7-8-10-16(14)20-13)17(22)21-19(5,6)12-18(2,3)4/h11H,7-10,12H2,1-6H3,(H,21,22). The van der Waals surface area contributed by atoms with E-state index >= 15 is 0 Å². The normalized spacial score (nSPS) is 15.4. The molecule has 0 atom stereocenters. The number of carbonyl (C=O) groups is 1. The van der Waals surface area contributed by atoms with Crippen LogP contribution in [-0.4, -0.2) is 16.4 Å². The van der Waals surface area contributed by atoms with Crippen molar-refractivity contribution in [2.45, 2.75) is 79.2 Å². The molecule has 0 saturated carbocycles. The van der Waals surface area contributed by atoms with Gasteiger partial charge in [-0.25, -0.2) is 0 Å². The van der Waals surface area contributed by atoms with Gasteiger partial charge >= 0.3 is 0 Å². The highest BCUT2D eigenvalue weighted by molar-refractivity contribution is 5.95. The van der Waals surface area contributed by atoms with Gasteiger partial charge in [0, 0.05) is 11.2 Å². The van der Waals surface area contributed by atoms with Crippen molar-refractivity contribution in [3.63, 3.8) is 0 Å². The number of nitrogens with one attached hydrogen (secondary N) is 1. The fourth-order valence-corrected chi connectivity index (χ4v) is 3.71. The molecule has 0 aliphatic heterocycles. The Hall–Kier alpha value is -1.38. The van der Waals surface area contributed by atoms with Gasteiger partial charge in [0.1, 0.15) is 0 Å². The lowest BCUT2D eigenvalue weighted by Gasteiger charge is -2.33. The fraction of sp³-hybridized carbons (Fsp3) is 0.684. The Balaban J connectivity index is 2.19. The van der Waals surface area contributed by atoms with Crippen LogP contribution in [0.15, 0.2) is 6.07 Å². The smallest absolute Gasteiger partial charge is 0.253 e. The summed E-state index contributed by atoms with van der Waals surface area (Å²) in [5.41, 5.74) is 4.00. The van der Waals surface area contributed by atoms with Crippen molar-refractivity contribution in [2.24, 2.45) is 5.41 Å². The monoisotopic (exact) mass is 302 g/mol. The summed E-state index contributed by atoms with van der Waals surface area (Å²) in [6.45, 7) is 12.7. The van der Waals surface area contributed by atoms with Crippen molar-refractivity contribution in [3.05, 3.63) is 28.6 Å². The average Bonchev–Trinajstić information content (AvgIpc) is 2.34. The van der Waals surface area contributed by atoms with E-state index in [-0.39, 0.29) is 16.9 Å². The first-order chi connectivity index (χ1) is 10.1. The molecule has 1 aromatic heterocycles. The van der Waals surface area contributed by atoms with Crippen molar-refractivity contribution in [1.29, 1.82) is 0 Å². The molecule has 3 nitrogen and oxygen atoms in total. The van der Waals surface area contributed by atoms with E-state index in [2.05, 4.69) is 51.0 Å². The summed E-state index contributed by atoms with van der Waals surface area (Å²) >= 11 is 0. The van der Waals surface area contributed by atoms with Crippen molar-refractivity contribution < 1.29 is 4.79 Å². The third kappa shape index (κ3) is 4.31. The Bertz CT molecular complexity index is 568. The summed E-state index contributed by atoms with van der Waals surface area (Å²) in [7, 11) is 0. The Labute approximate surface area is 134 Å². The summed E-state index contributed by atoms with van der Waals surface area (Å²) in [5.74, 6) is 0.00706. The summed E-state index contributed by atoms with van der Waals surface area (Å²) in [5, 5.41) is 3.20. The molecular formula is C19H30N2O. The molecule has 1 aliphatic carbocycles. The maximum atomic E-state index is 12.7. The highest BCUT2D eigenvalue weighted by Gasteiger charge is 2.28. The van der Waals surface area contributed by atoms with Crippen LogP contribution in [-0.2, 0) is 12.8 Å². The van der Waals surface area contributed by atoms with Crippen LogP contribution in [0, 0.1) is 12.3 Å². The molecule has 0 radical (unpaired) electrons. The molecule has 0 aromatic carbocycles. The van der Waals surface area contributed by atoms with Gasteiger partial charge in [0.15, 0.2) is 0 Å². The van der Waals surface area contributed by atoms with E-state index in [1.807, 2.05) is 6.92 Å². The van der Waals surface area contributed by atoms with E-state index in [0.717, 1.165) is 30.5 Å². The first-order valence-corrected chi connectivity index (χ1v) is 8.39. The number of amides is 1. The highest BCUT2D eigenvalue weighted by Crippen LogP contribution is 2.28. The predicted molar refractivity (Wildman–Crippen MR) is 91.2 cm³/mol. The molecule has 122 valence electrons. The van der Waals surface area contributed by atoms with E-state index in [1.165, 1.54) is 24.1 Å². The molecule has 2 rings (SSSR count). The third-order valence-electron chi connectivity index (χ3n) is 4.16. The number of nitrogens with zero attached hydrogens (tertiary/aromatic N) is 1. The molecule has 22 heavy (non-hydrogen) atoms. The van der Waals surface area contributed by atoms with Gasteiger partial charge in [-0.2, -0.15) is 0 Å². The Morgan fingerprint density at radius 2 is 1.82 bits per heavy atom. The minimum atomic E-state index is -0.225. The summed E-state index contributed by atoms with van der Waals surface area (Å²) in [4.78, 5) is 17.4. The van der Waals surface area contributed by atoms with Gasteiger partial charge < -0.3 is 5.32 Å². The topological polar surface area (TPSA) is 42.0 Å². The van der Waals surface area contributed by atoms with Crippen LogP contribution in [0.4, 0.5) is 0 Å². The number of hydrogen-bond donors (Lipinski definition) is 1. The first kappa shape index (κ1) is 17.0. The molecule has 0 unspecified atom stereocenters. The molecule has 0 fully saturated rings. The molecule has 0 spiro atoms. The van der Waals surface area contributed by atoms with Crippen molar-refractivity contribution in [2.75, 3.05) is 0 Å². The third-order valence-corrected chi connectivity index (χ3v) is 4.16. The minimum absolute atomic E-state index is 0.00706. The molecule has 3 heteroatoms. The van der Waals surface area contributed by atoms with Crippen LogP contribution >= 0.6 is 0 Å². The molecular weight excluding hydrogens is 272 g/mol. The molecule has 1 heterocycles. The van der Waals surface area contributed by atoms with Gasteiger partial charge in [0.2, 0.25) is 0 Å². The lowest BCUT2D eigenvalue weighted by molar-refractivity contribution is 0.0890. The average molecular weight is 302 g/mol. The number of aromatic nitrogens is 1. The summed E-state index contributed by atoms with van der Waals surface area (Å²) in [6, 6.07) is 2.07. The molecule has 0 bridgehead atoms. The van der Waals surface area contributed by atoms with E-state index in [0.29, 0.717) is 0 Å². The second-order valence-electron chi connectivity index (χ2n) is 8.51. The Morgan fingerprint density at radius 1 is 1.18 bits per heavy atom.